The van der Waals surface area contributed by atoms with E-state index in [1.54, 1.807) is 30.3 Å². The zero-order valence-corrected chi connectivity index (χ0v) is 19.0. The molecule has 1 aromatic heterocycles. The van der Waals surface area contributed by atoms with Crippen LogP contribution in [0, 0.1) is 13.8 Å². The van der Waals surface area contributed by atoms with Crippen LogP contribution < -0.4 is 10.6 Å². The molecule has 1 amide bonds. The van der Waals surface area contributed by atoms with E-state index in [2.05, 4.69) is 21.7 Å². The lowest BCUT2D eigenvalue weighted by Gasteiger charge is -2.10. The molecule has 2 N–H and O–H groups in total. The molecule has 1 heterocycles. The first kappa shape index (κ1) is 21.3. The quantitative estimate of drug-likeness (QED) is 0.333. The van der Waals surface area contributed by atoms with Gasteiger partial charge in [0.05, 0.1) is 10.6 Å². The number of halogens is 2. The average Bonchev–Trinajstić information content (AvgIpc) is 3.12. The Balaban J connectivity index is 1.51. The molecule has 0 aliphatic carbocycles. The fourth-order valence-electron chi connectivity index (χ4n) is 3.18. The Morgan fingerprint density at radius 1 is 1.03 bits per heavy atom. The van der Waals surface area contributed by atoms with Crippen molar-refractivity contribution in [2.24, 2.45) is 0 Å². The van der Waals surface area contributed by atoms with Gasteiger partial charge in [0.2, 0.25) is 5.89 Å². The number of anilines is 1. The summed E-state index contributed by atoms with van der Waals surface area (Å²) >= 11 is 17.3. The van der Waals surface area contributed by atoms with Gasteiger partial charge in [-0.3, -0.25) is 10.1 Å². The van der Waals surface area contributed by atoms with E-state index in [-0.39, 0.29) is 15.7 Å². The smallest absolute Gasteiger partial charge is 0.258 e. The lowest BCUT2D eigenvalue weighted by Crippen LogP contribution is -2.34. The summed E-state index contributed by atoms with van der Waals surface area (Å²) in [5.41, 5.74) is 5.44. The number of hydrogen-bond donors (Lipinski definition) is 2. The molecule has 0 atom stereocenters. The highest BCUT2D eigenvalue weighted by Crippen LogP contribution is 2.29. The largest absolute Gasteiger partial charge is 0.436 e. The third kappa shape index (κ3) is 4.71. The minimum absolute atomic E-state index is 0.124. The van der Waals surface area contributed by atoms with Crippen LogP contribution in [-0.4, -0.2) is 16.0 Å². The summed E-state index contributed by atoms with van der Waals surface area (Å²) in [5, 5.41) is 6.39. The molecule has 3 aromatic carbocycles. The van der Waals surface area contributed by atoms with Gasteiger partial charge in [0.15, 0.2) is 10.7 Å². The van der Waals surface area contributed by atoms with Gasteiger partial charge in [-0.2, -0.15) is 0 Å². The molecule has 0 saturated carbocycles. The lowest BCUT2D eigenvalue weighted by atomic mass is 10.1. The molecule has 0 aliphatic heterocycles. The van der Waals surface area contributed by atoms with E-state index in [4.69, 9.17) is 39.8 Å². The van der Waals surface area contributed by atoms with E-state index < -0.39 is 5.91 Å². The molecule has 156 valence electrons. The topological polar surface area (TPSA) is 67.2 Å². The Morgan fingerprint density at radius 3 is 2.61 bits per heavy atom. The number of carbonyl (C=O) groups excluding carboxylic acids is 1. The highest BCUT2D eigenvalue weighted by molar-refractivity contribution is 7.80. The van der Waals surface area contributed by atoms with Gasteiger partial charge in [0.25, 0.3) is 5.91 Å². The van der Waals surface area contributed by atoms with Crippen molar-refractivity contribution < 1.29 is 9.21 Å². The van der Waals surface area contributed by atoms with Crippen LogP contribution in [0.2, 0.25) is 10.0 Å². The average molecular weight is 470 g/mol. The molecule has 0 fully saturated rings. The second-order valence-corrected chi connectivity index (χ2v) is 8.30. The van der Waals surface area contributed by atoms with E-state index in [1.165, 1.54) is 11.6 Å². The van der Waals surface area contributed by atoms with E-state index in [0.29, 0.717) is 27.7 Å². The summed E-state index contributed by atoms with van der Waals surface area (Å²) in [6.07, 6.45) is 0. The predicted octanol–water partition coefficient (Wildman–Crippen LogP) is 6.55. The third-order valence-corrected chi connectivity index (χ3v) is 5.43. The second kappa shape index (κ2) is 8.67. The van der Waals surface area contributed by atoms with Crippen LogP contribution in [0.25, 0.3) is 22.6 Å². The van der Waals surface area contributed by atoms with Crippen LogP contribution in [0.5, 0.6) is 0 Å². The van der Waals surface area contributed by atoms with Gasteiger partial charge in [0.1, 0.15) is 5.52 Å². The molecule has 5 nitrogen and oxygen atoms in total. The number of hydrogen-bond acceptors (Lipinski definition) is 4. The molecule has 8 heteroatoms. The number of nitrogens with zero attached hydrogens (tertiary/aromatic N) is 1. The van der Waals surface area contributed by atoms with E-state index >= 15 is 0 Å². The summed E-state index contributed by atoms with van der Waals surface area (Å²) in [6.45, 7) is 4.07. The fourth-order valence-corrected chi connectivity index (χ4v) is 3.76. The first-order chi connectivity index (χ1) is 14.8. The van der Waals surface area contributed by atoms with E-state index in [9.17, 15) is 4.79 Å². The first-order valence-electron chi connectivity index (χ1n) is 9.36. The number of amides is 1. The van der Waals surface area contributed by atoms with Crippen LogP contribution in [0.1, 0.15) is 21.5 Å². The SMILES string of the molecule is Cc1ccc(-c2nc3cc(NC(=S)NC(=O)c4cc(Cl)ccc4Cl)ccc3o2)c(C)c1. The van der Waals surface area contributed by atoms with Gasteiger partial charge in [-0.05, 0) is 74.1 Å². The maximum Gasteiger partial charge on any atom is 0.258 e. The molecule has 0 radical (unpaired) electrons. The van der Waals surface area contributed by atoms with Gasteiger partial charge in [0, 0.05) is 16.3 Å². The Bertz CT molecular complexity index is 1330. The molecular formula is C23H17Cl2N3O2S. The molecule has 0 bridgehead atoms. The summed E-state index contributed by atoms with van der Waals surface area (Å²) in [5.74, 6) is 0.0979. The number of thiocarbonyl (C=S) groups is 1. The van der Waals surface area contributed by atoms with Crippen LogP contribution in [0.15, 0.2) is 59.0 Å². The Labute approximate surface area is 194 Å². The van der Waals surface area contributed by atoms with Crippen molar-refractivity contribution in [2.75, 3.05) is 5.32 Å². The van der Waals surface area contributed by atoms with E-state index in [1.807, 2.05) is 26.0 Å². The Hall–Kier alpha value is -2.93. The van der Waals surface area contributed by atoms with Crippen molar-refractivity contribution in [3.05, 3.63) is 81.3 Å². The van der Waals surface area contributed by atoms with Gasteiger partial charge in [-0.1, -0.05) is 40.9 Å². The fraction of sp³-hybridized carbons (Fsp3) is 0.0870. The van der Waals surface area contributed by atoms with Crippen molar-refractivity contribution in [1.82, 2.24) is 10.3 Å². The minimum Gasteiger partial charge on any atom is -0.436 e. The van der Waals surface area contributed by atoms with Gasteiger partial charge in [-0.15, -0.1) is 0 Å². The number of nitrogens with one attached hydrogen (secondary N) is 2. The maximum atomic E-state index is 12.4. The van der Waals surface area contributed by atoms with Crippen molar-refractivity contribution in [3.63, 3.8) is 0 Å². The highest BCUT2D eigenvalue weighted by Gasteiger charge is 2.14. The Kier molecular flexibility index (Phi) is 5.96. The minimum atomic E-state index is -0.454. The summed E-state index contributed by atoms with van der Waals surface area (Å²) in [4.78, 5) is 17.0. The first-order valence-corrected chi connectivity index (χ1v) is 10.5. The summed E-state index contributed by atoms with van der Waals surface area (Å²) in [7, 11) is 0. The van der Waals surface area contributed by atoms with Crippen molar-refractivity contribution >= 4 is 63.2 Å². The monoisotopic (exact) mass is 469 g/mol. The number of oxazole rings is 1. The number of aryl methyl sites for hydroxylation is 2. The van der Waals surface area contributed by atoms with Gasteiger partial charge < -0.3 is 9.73 Å². The summed E-state index contributed by atoms with van der Waals surface area (Å²) < 4.78 is 5.91. The molecule has 31 heavy (non-hydrogen) atoms. The number of carbonyl (C=O) groups is 1. The zero-order valence-electron chi connectivity index (χ0n) is 16.6. The van der Waals surface area contributed by atoms with Crippen molar-refractivity contribution in [1.29, 1.82) is 0 Å². The molecule has 0 unspecified atom stereocenters. The number of benzene rings is 3. The van der Waals surface area contributed by atoms with Crippen LogP contribution in [0.4, 0.5) is 5.69 Å². The lowest BCUT2D eigenvalue weighted by molar-refractivity contribution is 0.0978. The molecular weight excluding hydrogens is 453 g/mol. The highest BCUT2D eigenvalue weighted by atomic mass is 35.5. The number of fused-ring (bicyclic) bond motifs is 1. The zero-order chi connectivity index (χ0) is 22.1. The van der Waals surface area contributed by atoms with Crippen LogP contribution in [0.3, 0.4) is 0 Å². The van der Waals surface area contributed by atoms with Crippen LogP contribution >= 0.6 is 35.4 Å². The predicted molar refractivity (Wildman–Crippen MR) is 129 cm³/mol. The second-order valence-electron chi connectivity index (χ2n) is 7.05. The maximum absolute atomic E-state index is 12.4. The van der Waals surface area contributed by atoms with Crippen LogP contribution in [-0.2, 0) is 0 Å². The molecule has 0 aliphatic rings. The number of rotatable bonds is 3. The molecule has 4 aromatic rings. The molecule has 0 spiro atoms. The standard InChI is InChI=1S/C23H17Cl2N3O2S/c1-12-3-6-16(13(2)9-12)22-27-19-11-15(5-8-20(19)30-22)26-23(31)28-21(29)17-10-14(24)4-7-18(17)25/h3-11H,1-2H3,(H2,26,28,29,31). The molecule has 4 rings (SSSR count). The van der Waals surface area contributed by atoms with Gasteiger partial charge >= 0.3 is 0 Å². The van der Waals surface area contributed by atoms with Crippen molar-refractivity contribution in [2.45, 2.75) is 13.8 Å². The van der Waals surface area contributed by atoms with Gasteiger partial charge in [-0.25, -0.2) is 4.98 Å². The van der Waals surface area contributed by atoms with Crippen molar-refractivity contribution in [3.8, 4) is 11.5 Å². The number of aromatic nitrogens is 1. The van der Waals surface area contributed by atoms with E-state index in [0.717, 1.165) is 11.1 Å². The normalized spacial score (nSPS) is 10.8. The Morgan fingerprint density at radius 2 is 1.84 bits per heavy atom. The summed E-state index contributed by atoms with van der Waals surface area (Å²) in [6, 6.07) is 16.2. The molecule has 0 saturated heterocycles. The third-order valence-electron chi connectivity index (χ3n) is 4.66.